The summed E-state index contributed by atoms with van der Waals surface area (Å²) in [6.07, 6.45) is 4.85. The van der Waals surface area contributed by atoms with Crippen molar-refractivity contribution in [1.82, 2.24) is 5.32 Å². The van der Waals surface area contributed by atoms with Crippen molar-refractivity contribution < 1.29 is 14.3 Å². The second-order valence-corrected chi connectivity index (χ2v) is 6.97. The summed E-state index contributed by atoms with van der Waals surface area (Å²) in [5.41, 5.74) is -0.526. The van der Waals surface area contributed by atoms with Crippen LogP contribution in [0.3, 0.4) is 0 Å². The van der Waals surface area contributed by atoms with Gasteiger partial charge in [-0.2, -0.15) is 0 Å². The number of nitrogens with one attached hydrogen (secondary N) is 1. The smallest absolute Gasteiger partial charge is 0.329 e. The normalized spacial score (nSPS) is 18.9. The zero-order valence-electron chi connectivity index (χ0n) is 13.5. The summed E-state index contributed by atoms with van der Waals surface area (Å²) >= 11 is 0. The number of amides is 1. The summed E-state index contributed by atoms with van der Waals surface area (Å²) in [4.78, 5) is 24.3. The summed E-state index contributed by atoms with van der Waals surface area (Å²) in [5.74, 6) is 0.237. The van der Waals surface area contributed by atoms with Crippen LogP contribution in [0.2, 0.25) is 0 Å². The summed E-state index contributed by atoms with van der Waals surface area (Å²) in [5, 5.41) is 2.88. The van der Waals surface area contributed by atoms with Gasteiger partial charge >= 0.3 is 5.97 Å². The number of esters is 1. The first-order chi connectivity index (χ1) is 9.23. The van der Waals surface area contributed by atoms with E-state index in [1.807, 2.05) is 34.6 Å². The fourth-order valence-electron chi connectivity index (χ4n) is 2.23. The number of hydrogen-bond donors (Lipinski definition) is 1. The van der Waals surface area contributed by atoms with Gasteiger partial charge in [0.1, 0.15) is 11.6 Å². The Morgan fingerprint density at radius 2 is 1.90 bits per heavy atom. The topological polar surface area (TPSA) is 55.4 Å². The Labute approximate surface area is 122 Å². The molecule has 0 aromatic heterocycles. The Kier molecular flexibility index (Phi) is 6.03. The third kappa shape index (κ3) is 5.51. The van der Waals surface area contributed by atoms with Gasteiger partial charge in [-0.1, -0.05) is 26.7 Å². The van der Waals surface area contributed by atoms with Crippen LogP contribution in [0, 0.1) is 11.8 Å². The van der Waals surface area contributed by atoms with Crippen LogP contribution in [0.25, 0.3) is 0 Å². The lowest BCUT2D eigenvalue weighted by Crippen LogP contribution is -2.48. The van der Waals surface area contributed by atoms with Crippen molar-refractivity contribution >= 4 is 11.9 Å². The van der Waals surface area contributed by atoms with Gasteiger partial charge in [-0.3, -0.25) is 4.79 Å². The summed E-state index contributed by atoms with van der Waals surface area (Å²) in [7, 11) is 0. The van der Waals surface area contributed by atoms with Crippen molar-refractivity contribution in [2.45, 2.75) is 78.4 Å². The fraction of sp³-hybridized carbons (Fsp3) is 0.875. The first-order valence-electron chi connectivity index (χ1n) is 7.75. The molecule has 4 heteroatoms. The van der Waals surface area contributed by atoms with Gasteiger partial charge in [0.05, 0.1) is 0 Å². The van der Waals surface area contributed by atoms with Gasteiger partial charge in [-0.05, 0) is 45.4 Å². The van der Waals surface area contributed by atoms with Gasteiger partial charge in [0, 0.05) is 6.42 Å². The SMILES string of the molecule is CC[C@H](C)[C@H](NC(=O)CC1CCC1)C(=O)OC(C)(C)C. The largest absolute Gasteiger partial charge is 0.458 e. The number of carbonyl (C=O) groups excluding carboxylic acids is 2. The molecule has 4 nitrogen and oxygen atoms in total. The van der Waals surface area contributed by atoms with Crippen LogP contribution >= 0.6 is 0 Å². The predicted molar refractivity (Wildman–Crippen MR) is 79.2 cm³/mol. The highest BCUT2D eigenvalue weighted by Crippen LogP contribution is 2.29. The molecule has 116 valence electrons. The lowest BCUT2D eigenvalue weighted by atomic mass is 9.82. The van der Waals surface area contributed by atoms with Crippen LogP contribution in [0.15, 0.2) is 0 Å². The molecular weight excluding hydrogens is 254 g/mol. The summed E-state index contributed by atoms with van der Waals surface area (Å²) in [6, 6.07) is -0.535. The van der Waals surface area contributed by atoms with Crippen LogP contribution < -0.4 is 5.32 Å². The minimum atomic E-state index is -0.535. The van der Waals surface area contributed by atoms with Crippen molar-refractivity contribution in [3.63, 3.8) is 0 Å². The Hall–Kier alpha value is -1.06. The van der Waals surface area contributed by atoms with E-state index in [0.29, 0.717) is 12.3 Å². The molecule has 0 aromatic rings. The molecule has 20 heavy (non-hydrogen) atoms. The monoisotopic (exact) mass is 283 g/mol. The molecule has 0 heterocycles. The van der Waals surface area contributed by atoms with E-state index in [2.05, 4.69) is 5.32 Å². The quantitative estimate of drug-likeness (QED) is 0.762. The molecule has 0 aliphatic heterocycles. The molecule has 0 unspecified atom stereocenters. The molecule has 0 spiro atoms. The number of ether oxygens (including phenoxy) is 1. The van der Waals surface area contributed by atoms with Gasteiger partial charge in [-0.15, -0.1) is 0 Å². The van der Waals surface area contributed by atoms with Crippen molar-refractivity contribution in [1.29, 1.82) is 0 Å². The molecule has 2 atom stereocenters. The molecule has 1 amide bonds. The maximum Gasteiger partial charge on any atom is 0.329 e. The van der Waals surface area contributed by atoms with Crippen molar-refractivity contribution in [3.8, 4) is 0 Å². The first-order valence-corrected chi connectivity index (χ1v) is 7.75. The van der Waals surface area contributed by atoms with Crippen LogP contribution in [-0.4, -0.2) is 23.5 Å². The number of hydrogen-bond acceptors (Lipinski definition) is 3. The van der Waals surface area contributed by atoms with Crippen LogP contribution in [0.1, 0.15) is 66.7 Å². The maximum absolute atomic E-state index is 12.2. The summed E-state index contributed by atoms with van der Waals surface area (Å²) < 4.78 is 5.42. The minimum Gasteiger partial charge on any atom is -0.458 e. The van der Waals surface area contributed by atoms with Crippen LogP contribution in [0.4, 0.5) is 0 Å². The second-order valence-electron chi connectivity index (χ2n) is 6.97. The molecule has 0 saturated heterocycles. The number of rotatable bonds is 6. The van der Waals surface area contributed by atoms with Gasteiger partial charge in [-0.25, -0.2) is 4.79 Å². The molecule has 0 aromatic carbocycles. The molecule has 1 saturated carbocycles. The lowest BCUT2D eigenvalue weighted by Gasteiger charge is -2.29. The fourth-order valence-corrected chi connectivity index (χ4v) is 2.23. The maximum atomic E-state index is 12.2. The Morgan fingerprint density at radius 3 is 2.30 bits per heavy atom. The molecule has 1 rings (SSSR count). The van der Waals surface area contributed by atoms with Gasteiger partial charge in [0.25, 0.3) is 0 Å². The van der Waals surface area contributed by atoms with Gasteiger partial charge < -0.3 is 10.1 Å². The third-order valence-corrected chi connectivity index (χ3v) is 3.89. The van der Waals surface area contributed by atoms with E-state index in [9.17, 15) is 9.59 Å². The lowest BCUT2D eigenvalue weighted by molar-refractivity contribution is -0.160. The van der Waals surface area contributed by atoms with E-state index < -0.39 is 11.6 Å². The van der Waals surface area contributed by atoms with Crippen molar-refractivity contribution in [2.75, 3.05) is 0 Å². The molecule has 1 aliphatic carbocycles. The van der Waals surface area contributed by atoms with Gasteiger partial charge in [0.15, 0.2) is 0 Å². The first kappa shape index (κ1) is 17.0. The molecule has 1 N–H and O–H groups in total. The second kappa shape index (κ2) is 7.09. The number of carbonyl (C=O) groups is 2. The van der Waals surface area contributed by atoms with Crippen LogP contribution in [0.5, 0.6) is 0 Å². The average Bonchev–Trinajstić information content (AvgIpc) is 2.27. The Balaban J connectivity index is 2.58. The van der Waals surface area contributed by atoms with Crippen molar-refractivity contribution in [2.24, 2.45) is 11.8 Å². The van der Waals surface area contributed by atoms with Gasteiger partial charge in [0.2, 0.25) is 5.91 Å². The summed E-state index contributed by atoms with van der Waals surface area (Å²) in [6.45, 7) is 9.51. The Bertz CT molecular complexity index is 342. The third-order valence-electron chi connectivity index (χ3n) is 3.89. The highest BCUT2D eigenvalue weighted by atomic mass is 16.6. The van der Waals surface area contributed by atoms with E-state index in [1.165, 1.54) is 6.42 Å². The van der Waals surface area contributed by atoms with E-state index in [-0.39, 0.29) is 17.8 Å². The highest BCUT2D eigenvalue weighted by molar-refractivity contribution is 5.85. The standard InChI is InChI=1S/C16H29NO3/c1-6-11(2)14(15(19)20-16(3,4)5)17-13(18)10-12-8-7-9-12/h11-12,14H,6-10H2,1-5H3,(H,17,18)/t11-,14-/m0/s1. The average molecular weight is 283 g/mol. The van der Waals surface area contributed by atoms with E-state index >= 15 is 0 Å². The molecule has 0 bridgehead atoms. The molecular formula is C16H29NO3. The zero-order chi connectivity index (χ0) is 15.3. The molecule has 0 radical (unpaired) electrons. The molecule has 1 aliphatic rings. The molecule has 1 fully saturated rings. The zero-order valence-corrected chi connectivity index (χ0v) is 13.5. The minimum absolute atomic E-state index is 0.0224. The van der Waals surface area contributed by atoms with E-state index in [1.54, 1.807) is 0 Å². The van der Waals surface area contributed by atoms with E-state index in [0.717, 1.165) is 19.3 Å². The van der Waals surface area contributed by atoms with Crippen molar-refractivity contribution in [3.05, 3.63) is 0 Å². The predicted octanol–water partition coefficient (Wildman–Crippen LogP) is 3.05. The van der Waals surface area contributed by atoms with Crippen LogP contribution in [-0.2, 0) is 14.3 Å². The Morgan fingerprint density at radius 1 is 1.30 bits per heavy atom. The van der Waals surface area contributed by atoms with E-state index in [4.69, 9.17) is 4.74 Å². The highest BCUT2D eigenvalue weighted by Gasteiger charge is 2.31.